The first-order chi connectivity index (χ1) is 14.1. The van der Waals surface area contributed by atoms with E-state index in [4.69, 9.17) is 9.47 Å². The average Bonchev–Trinajstić information content (AvgIpc) is 2.86. The first kappa shape index (κ1) is 23.4. The molecule has 1 aliphatic heterocycles. The Balaban J connectivity index is 1.90. The summed E-state index contributed by atoms with van der Waals surface area (Å²) in [5.41, 5.74) is 1.25. The predicted molar refractivity (Wildman–Crippen MR) is 114 cm³/mol. The Morgan fingerprint density at radius 1 is 1.17 bits per heavy atom. The maximum absolute atomic E-state index is 12.6. The molecule has 0 saturated carbocycles. The van der Waals surface area contributed by atoms with E-state index in [0.29, 0.717) is 13.0 Å². The zero-order valence-corrected chi connectivity index (χ0v) is 18.4. The summed E-state index contributed by atoms with van der Waals surface area (Å²) in [4.78, 5) is 38.6. The molecule has 0 aliphatic carbocycles. The fraction of sp³-hybridized carbons (Fsp3) is 0.522. The first-order valence-corrected chi connectivity index (χ1v) is 10.3. The average molecular weight is 417 g/mol. The summed E-state index contributed by atoms with van der Waals surface area (Å²) < 4.78 is 10.7. The number of carbonyl (C=O) groups is 3. The van der Waals surface area contributed by atoms with Gasteiger partial charge in [-0.25, -0.2) is 9.59 Å². The Morgan fingerprint density at radius 2 is 1.83 bits per heavy atom. The summed E-state index contributed by atoms with van der Waals surface area (Å²) in [6.45, 7) is 9.50. The number of rotatable bonds is 6. The molecule has 0 fully saturated rings. The SMILES string of the molecule is CC(NC(=O)OC(C)(C)C)C1=CCC(=O)N(C(C)C(=O)OCc2ccccc2)CC1. The minimum absolute atomic E-state index is 0.140. The van der Waals surface area contributed by atoms with Crippen LogP contribution in [0.1, 0.15) is 53.0 Å². The molecule has 2 amide bonds. The Bertz CT molecular complexity index is 783. The van der Waals surface area contributed by atoms with Crippen LogP contribution >= 0.6 is 0 Å². The van der Waals surface area contributed by atoms with Crippen molar-refractivity contribution < 1.29 is 23.9 Å². The van der Waals surface area contributed by atoms with E-state index < -0.39 is 23.7 Å². The van der Waals surface area contributed by atoms with E-state index in [0.717, 1.165) is 11.1 Å². The molecule has 0 aromatic heterocycles. The van der Waals surface area contributed by atoms with Crippen molar-refractivity contribution in [2.75, 3.05) is 6.54 Å². The van der Waals surface area contributed by atoms with Gasteiger partial charge in [0.25, 0.3) is 0 Å². The highest BCUT2D eigenvalue weighted by atomic mass is 16.6. The van der Waals surface area contributed by atoms with E-state index in [2.05, 4.69) is 5.32 Å². The second-order valence-electron chi connectivity index (χ2n) is 8.46. The van der Waals surface area contributed by atoms with Gasteiger partial charge in [-0.05, 0) is 52.2 Å². The molecule has 0 spiro atoms. The van der Waals surface area contributed by atoms with Crippen molar-refractivity contribution in [3.05, 3.63) is 47.5 Å². The van der Waals surface area contributed by atoms with E-state index in [9.17, 15) is 14.4 Å². The van der Waals surface area contributed by atoms with Gasteiger partial charge in [-0.15, -0.1) is 0 Å². The molecular weight excluding hydrogens is 384 g/mol. The standard InChI is InChI=1S/C23H32N2O5/c1-16(24-22(28)30-23(3,4)5)19-11-12-20(26)25(14-13-19)17(2)21(27)29-15-18-9-7-6-8-10-18/h6-11,16-17H,12-15H2,1-5H3,(H,24,28). The van der Waals surface area contributed by atoms with Gasteiger partial charge in [0.15, 0.2) is 0 Å². The molecule has 1 N–H and O–H groups in total. The largest absolute Gasteiger partial charge is 0.459 e. The van der Waals surface area contributed by atoms with Crippen LogP contribution in [-0.4, -0.2) is 47.1 Å². The Kier molecular flexibility index (Phi) is 8.03. The van der Waals surface area contributed by atoms with Gasteiger partial charge in [-0.1, -0.05) is 36.4 Å². The van der Waals surface area contributed by atoms with Crippen molar-refractivity contribution in [3.63, 3.8) is 0 Å². The number of hydrogen-bond acceptors (Lipinski definition) is 5. The van der Waals surface area contributed by atoms with Crippen LogP contribution in [0.15, 0.2) is 42.0 Å². The summed E-state index contributed by atoms with van der Waals surface area (Å²) in [5, 5.41) is 2.80. The molecule has 2 rings (SSSR count). The Hall–Kier alpha value is -2.83. The number of carbonyl (C=O) groups excluding carboxylic acids is 3. The normalized spacial score (nSPS) is 16.8. The van der Waals surface area contributed by atoms with Crippen molar-refractivity contribution in [2.45, 2.75) is 71.8 Å². The fourth-order valence-corrected chi connectivity index (χ4v) is 3.17. The third-order valence-electron chi connectivity index (χ3n) is 4.82. The lowest BCUT2D eigenvalue weighted by Gasteiger charge is -2.27. The molecule has 30 heavy (non-hydrogen) atoms. The van der Waals surface area contributed by atoms with Crippen LogP contribution in [0.2, 0.25) is 0 Å². The summed E-state index contributed by atoms with van der Waals surface area (Å²) in [6, 6.07) is 8.47. The highest BCUT2D eigenvalue weighted by molar-refractivity contribution is 5.85. The molecule has 1 aromatic rings. The maximum Gasteiger partial charge on any atom is 0.408 e. The number of alkyl carbamates (subject to hydrolysis) is 1. The van der Waals surface area contributed by atoms with E-state index in [-0.39, 0.29) is 25.0 Å². The number of benzene rings is 1. The smallest absolute Gasteiger partial charge is 0.408 e. The van der Waals surface area contributed by atoms with Gasteiger partial charge >= 0.3 is 12.1 Å². The van der Waals surface area contributed by atoms with Gasteiger partial charge in [-0.2, -0.15) is 0 Å². The highest BCUT2D eigenvalue weighted by Crippen LogP contribution is 2.19. The molecule has 0 bridgehead atoms. The minimum atomic E-state index is -0.678. The monoisotopic (exact) mass is 416 g/mol. The van der Waals surface area contributed by atoms with Gasteiger partial charge in [0.05, 0.1) is 6.04 Å². The van der Waals surface area contributed by atoms with Gasteiger partial charge in [0.2, 0.25) is 5.91 Å². The van der Waals surface area contributed by atoms with Crippen LogP contribution in [-0.2, 0) is 25.7 Å². The Morgan fingerprint density at radius 3 is 2.47 bits per heavy atom. The van der Waals surface area contributed by atoms with Gasteiger partial charge in [0, 0.05) is 13.0 Å². The van der Waals surface area contributed by atoms with Crippen molar-refractivity contribution in [2.24, 2.45) is 0 Å². The minimum Gasteiger partial charge on any atom is -0.459 e. The summed E-state index contributed by atoms with van der Waals surface area (Å²) in [5.74, 6) is -0.575. The summed E-state index contributed by atoms with van der Waals surface area (Å²) in [7, 11) is 0. The van der Waals surface area contributed by atoms with E-state index in [1.807, 2.05) is 43.3 Å². The second-order valence-corrected chi connectivity index (χ2v) is 8.46. The number of hydrogen-bond donors (Lipinski definition) is 1. The molecule has 7 nitrogen and oxygen atoms in total. The molecular formula is C23H32N2O5. The number of ether oxygens (including phenoxy) is 2. The topological polar surface area (TPSA) is 84.9 Å². The third kappa shape index (κ3) is 7.21. The van der Waals surface area contributed by atoms with Crippen LogP contribution in [0.3, 0.4) is 0 Å². The van der Waals surface area contributed by atoms with Gasteiger partial charge < -0.3 is 19.7 Å². The molecule has 1 heterocycles. The van der Waals surface area contributed by atoms with Gasteiger partial charge in [-0.3, -0.25) is 4.79 Å². The molecule has 0 saturated heterocycles. The maximum atomic E-state index is 12.6. The zero-order valence-electron chi connectivity index (χ0n) is 18.4. The van der Waals surface area contributed by atoms with E-state index in [1.54, 1.807) is 27.7 Å². The van der Waals surface area contributed by atoms with Crippen LogP contribution < -0.4 is 5.32 Å². The molecule has 2 unspecified atom stereocenters. The fourth-order valence-electron chi connectivity index (χ4n) is 3.17. The number of nitrogens with zero attached hydrogens (tertiary/aromatic N) is 1. The van der Waals surface area contributed by atoms with E-state index >= 15 is 0 Å². The number of amides is 2. The molecule has 164 valence electrons. The van der Waals surface area contributed by atoms with Crippen LogP contribution in [0, 0.1) is 0 Å². The first-order valence-electron chi connectivity index (χ1n) is 10.3. The van der Waals surface area contributed by atoms with Crippen molar-refractivity contribution in [1.29, 1.82) is 0 Å². The molecule has 0 radical (unpaired) electrons. The lowest BCUT2D eigenvalue weighted by Crippen LogP contribution is -2.44. The second kappa shape index (κ2) is 10.3. The predicted octanol–water partition coefficient (Wildman–Crippen LogP) is 3.58. The van der Waals surface area contributed by atoms with E-state index in [1.165, 1.54) is 4.90 Å². The molecule has 2 atom stereocenters. The zero-order chi connectivity index (χ0) is 22.3. The highest BCUT2D eigenvalue weighted by Gasteiger charge is 2.29. The summed E-state index contributed by atoms with van der Waals surface area (Å²) >= 11 is 0. The summed E-state index contributed by atoms with van der Waals surface area (Å²) in [6.07, 6.45) is 2.05. The van der Waals surface area contributed by atoms with Crippen LogP contribution in [0.4, 0.5) is 4.79 Å². The lowest BCUT2D eigenvalue weighted by molar-refractivity contribution is -0.155. The van der Waals surface area contributed by atoms with Crippen molar-refractivity contribution >= 4 is 18.0 Å². The quantitative estimate of drug-likeness (QED) is 0.566. The van der Waals surface area contributed by atoms with Gasteiger partial charge in [0.1, 0.15) is 18.2 Å². The number of esters is 1. The van der Waals surface area contributed by atoms with Crippen molar-refractivity contribution in [1.82, 2.24) is 10.2 Å². The molecule has 7 heteroatoms. The lowest BCUT2D eigenvalue weighted by atomic mass is 10.0. The molecule has 1 aliphatic rings. The Labute approximate surface area is 178 Å². The third-order valence-corrected chi connectivity index (χ3v) is 4.82. The molecule has 1 aromatic carbocycles. The number of nitrogens with one attached hydrogen (secondary N) is 1. The van der Waals surface area contributed by atoms with Crippen molar-refractivity contribution in [3.8, 4) is 0 Å². The van der Waals surface area contributed by atoms with Crippen LogP contribution in [0.5, 0.6) is 0 Å². The van der Waals surface area contributed by atoms with Crippen LogP contribution in [0.25, 0.3) is 0 Å².